The fourth-order valence-corrected chi connectivity index (χ4v) is 0.673. The van der Waals surface area contributed by atoms with Crippen molar-refractivity contribution in [3.05, 3.63) is 9.81 Å². The van der Waals surface area contributed by atoms with Crippen LogP contribution in [0.3, 0.4) is 0 Å². The van der Waals surface area contributed by atoms with Gasteiger partial charge in [0.1, 0.15) is 6.07 Å². The molecule has 0 aliphatic rings. The first-order chi connectivity index (χ1) is 5.13. The second-order valence-electron chi connectivity index (χ2n) is 1.53. The molecule has 0 aliphatic heterocycles. The Labute approximate surface area is 133 Å². The number of carbonyl (C=O) groups excluding carboxylic acids is 1. The van der Waals surface area contributed by atoms with E-state index in [1.165, 1.54) is 0 Å². The summed E-state index contributed by atoms with van der Waals surface area (Å²) in [6.45, 7) is 1.89. The Kier molecular flexibility index (Phi) is 17.6. The van der Waals surface area contributed by atoms with Gasteiger partial charge in [-0.3, -0.25) is 0 Å². The van der Waals surface area contributed by atoms with Crippen molar-refractivity contribution in [3.63, 3.8) is 0 Å². The maximum absolute atomic E-state index is 10.8. The molecule has 0 unspecified atom stereocenters. The van der Waals surface area contributed by atoms with Crippen LogP contribution in [0.25, 0.3) is 0 Å². The molecule has 13 heavy (non-hydrogen) atoms. The molecule has 0 atom stereocenters. The van der Waals surface area contributed by atoms with E-state index in [4.69, 9.17) is 5.26 Å². The van der Waals surface area contributed by atoms with Crippen LogP contribution in [0.1, 0.15) is 6.92 Å². The summed E-state index contributed by atoms with van der Waals surface area (Å²) < 4.78 is 4.61. The molecule has 0 bridgehead atoms. The summed E-state index contributed by atoms with van der Waals surface area (Å²) in [6.07, 6.45) is 0. The summed E-state index contributed by atoms with van der Waals surface area (Å²) in [5.74, 6) is -0.685. The van der Waals surface area contributed by atoms with Crippen molar-refractivity contribution in [2.45, 2.75) is 6.92 Å². The molecule has 64 valence electrons. The van der Waals surface area contributed by atoms with Crippen molar-refractivity contribution in [2.75, 3.05) is 6.61 Å². The molecule has 7 heteroatoms. The van der Waals surface area contributed by atoms with Gasteiger partial charge >= 0.3 is 65.1 Å². The zero-order chi connectivity index (χ0) is 8.85. The van der Waals surface area contributed by atoms with E-state index >= 15 is 0 Å². The molecule has 0 heterocycles. The molecule has 0 saturated heterocycles. The van der Waals surface area contributed by atoms with Crippen molar-refractivity contribution < 1.29 is 9.53 Å². The Morgan fingerprint density at radius 2 is 1.92 bits per heavy atom. The first kappa shape index (κ1) is 19.9. The minimum absolute atomic E-state index is 0. The second-order valence-corrected chi connectivity index (χ2v) is 2.78. The summed E-state index contributed by atoms with van der Waals surface area (Å²) in [5, 5.41) is 8.39. The third kappa shape index (κ3) is 8.40. The first-order valence-corrected chi connectivity index (χ1v) is 3.72. The van der Waals surface area contributed by atoms with E-state index in [0.29, 0.717) is 0 Å². The molecule has 0 aliphatic carbocycles. The number of thiol groups is 2. The first-order valence-electron chi connectivity index (χ1n) is 2.82. The van der Waals surface area contributed by atoms with E-state index in [1.54, 1.807) is 13.0 Å². The predicted octanol–water partition coefficient (Wildman–Crippen LogP) is -0.153. The minimum atomic E-state index is -0.685. The molecule has 0 radical (unpaired) electrons. The van der Waals surface area contributed by atoms with Crippen LogP contribution in [0, 0.1) is 11.3 Å². The van der Waals surface area contributed by atoms with Gasteiger partial charge in [-0.2, -0.15) is 5.26 Å². The van der Waals surface area contributed by atoms with Crippen LogP contribution in [0.5, 0.6) is 0 Å². The van der Waals surface area contributed by atoms with E-state index in [1.807, 2.05) is 0 Å². The summed E-state index contributed by atoms with van der Waals surface area (Å²) in [5.41, 5.74) is -0.168. The molecule has 3 nitrogen and oxygen atoms in total. The Hall–Kier alpha value is 1.40. The molecule has 0 fully saturated rings. The van der Waals surface area contributed by atoms with Gasteiger partial charge < -0.3 is 4.74 Å². The second kappa shape index (κ2) is 11.5. The van der Waals surface area contributed by atoms with Crippen molar-refractivity contribution >= 4 is 90.3 Å². The van der Waals surface area contributed by atoms with Crippen molar-refractivity contribution in [2.24, 2.45) is 0 Å². The number of ether oxygens (including phenoxy) is 1. The third-order valence-corrected chi connectivity index (χ3v) is 1.26. The molecular weight excluding hydrogens is 228 g/mol. The van der Waals surface area contributed by atoms with Crippen LogP contribution in [0.4, 0.5) is 0 Å². The Balaban J connectivity index is -0.000000500. The molecule has 0 aromatic carbocycles. The van der Waals surface area contributed by atoms with Crippen molar-refractivity contribution in [3.8, 4) is 6.07 Å². The van der Waals surface area contributed by atoms with Crippen LogP contribution >= 0.6 is 25.3 Å². The number of nitriles is 1. The normalized spacial score (nSPS) is 6.92. The van der Waals surface area contributed by atoms with Crippen LogP contribution in [-0.2, 0) is 9.53 Å². The summed E-state index contributed by atoms with van der Waals surface area (Å²) in [6, 6.07) is 1.64. The van der Waals surface area contributed by atoms with Crippen LogP contribution in [-0.4, -0.2) is 71.7 Å². The van der Waals surface area contributed by atoms with E-state index in [2.05, 4.69) is 30.0 Å². The van der Waals surface area contributed by atoms with Gasteiger partial charge in [0.05, 0.1) is 10.8 Å². The van der Waals surface area contributed by atoms with E-state index in [-0.39, 0.29) is 75.5 Å². The third-order valence-electron chi connectivity index (χ3n) is 0.815. The SMILES string of the molecule is CCOC(=O)C(C#N)=C(S)S.[NaH].[NaH]. The zero-order valence-electron chi connectivity index (χ0n) is 5.87. The Bertz CT molecular complexity index is 233. The summed E-state index contributed by atoms with van der Waals surface area (Å²) in [7, 11) is 0. The molecule has 0 aromatic rings. The van der Waals surface area contributed by atoms with Gasteiger partial charge in [-0.25, -0.2) is 4.79 Å². The Morgan fingerprint density at radius 3 is 2.15 bits per heavy atom. The number of hydrogen-bond acceptors (Lipinski definition) is 5. The van der Waals surface area contributed by atoms with Crippen LogP contribution in [0.2, 0.25) is 0 Å². The molecule has 0 amide bonds. The molecule has 0 N–H and O–H groups in total. The Morgan fingerprint density at radius 1 is 1.46 bits per heavy atom. The van der Waals surface area contributed by atoms with Gasteiger partial charge in [0.15, 0.2) is 5.57 Å². The van der Waals surface area contributed by atoms with E-state index < -0.39 is 5.97 Å². The topological polar surface area (TPSA) is 50.1 Å². The summed E-state index contributed by atoms with van der Waals surface area (Å²) in [4.78, 5) is 10.8. The standard InChI is InChI=1S/C6H7NO2S2.2Na.2H/c1-2-9-5(8)4(3-7)6(10)11;;;;/h10-11H,2H2,1H3;;;;. The average Bonchev–Trinajstić information content (AvgIpc) is 1.88. The van der Waals surface area contributed by atoms with Gasteiger partial charge in [0, 0.05) is 0 Å². The zero-order valence-corrected chi connectivity index (χ0v) is 7.65. The molecule has 0 saturated carbocycles. The number of nitrogens with zero attached hydrogens (tertiary/aromatic N) is 1. The van der Waals surface area contributed by atoms with Gasteiger partial charge in [-0.05, 0) is 6.92 Å². The van der Waals surface area contributed by atoms with Crippen LogP contribution < -0.4 is 0 Å². The molecule has 0 aromatic heterocycles. The molecular formula is C6H9NNa2O2S2. The van der Waals surface area contributed by atoms with E-state index in [9.17, 15) is 4.79 Å². The number of carbonyl (C=O) groups is 1. The number of hydrogen-bond donors (Lipinski definition) is 2. The number of rotatable bonds is 2. The van der Waals surface area contributed by atoms with Gasteiger partial charge in [0.2, 0.25) is 0 Å². The summed E-state index contributed by atoms with van der Waals surface area (Å²) >= 11 is 7.45. The fraction of sp³-hybridized carbons (Fsp3) is 0.333. The monoisotopic (exact) mass is 237 g/mol. The van der Waals surface area contributed by atoms with Crippen molar-refractivity contribution in [1.82, 2.24) is 0 Å². The predicted molar refractivity (Wildman–Crippen MR) is 61.5 cm³/mol. The van der Waals surface area contributed by atoms with Crippen LogP contribution in [0.15, 0.2) is 9.81 Å². The quantitative estimate of drug-likeness (QED) is 0.231. The molecule has 0 spiro atoms. The average molecular weight is 237 g/mol. The fourth-order valence-electron chi connectivity index (χ4n) is 0.390. The van der Waals surface area contributed by atoms with Crippen molar-refractivity contribution in [1.29, 1.82) is 5.26 Å². The van der Waals surface area contributed by atoms with Gasteiger partial charge in [0.25, 0.3) is 0 Å². The van der Waals surface area contributed by atoms with Gasteiger partial charge in [-0.1, -0.05) is 0 Å². The van der Waals surface area contributed by atoms with E-state index in [0.717, 1.165) is 0 Å². The maximum atomic E-state index is 10.8. The van der Waals surface area contributed by atoms with Gasteiger partial charge in [-0.15, -0.1) is 25.3 Å². The molecule has 0 rings (SSSR count). The number of esters is 1.